The molecule has 27 heavy (non-hydrogen) atoms. The number of sulfonamides is 1. The second kappa shape index (κ2) is 9.17. The Balaban J connectivity index is 1.49. The molecule has 0 bridgehead atoms. The van der Waals surface area contributed by atoms with Crippen molar-refractivity contribution in [2.45, 2.75) is 55.9 Å². The number of rotatable bonds is 6. The summed E-state index contributed by atoms with van der Waals surface area (Å²) in [6.07, 6.45) is 6.04. The summed E-state index contributed by atoms with van der Waals surface area (Å²) in [4.78, 5) is 14.8. The largest absolute Gasteiger partial charge is 0.353 e. The highest BCUT2D eigenvalue weighted by atomic mass is 32.2. The van der Waals surface area contributed by atoms with E-state index in [4.69, 9.17) is 0 Å². The van der Waals surface area contributed by atoms with Gasteiger partial charge in [-0.25, -0.2) is 8.42 Å². The van der Waals surface area contributed by atoms with Crippen LogP contribution in [0.4, 0.5) is 0 Å². The van der Waals surface area contributed by atoms with Gasteiger partial charge in [0.05, 0.1) is 4.90 Å². The topological polar surface area (TPSA) is 69.7 Å². The van der Waals surface area contributed by atoms with Gasteiger partial charge in [-0.3, -0.25) is 4.79 Å². The first-order valence-corrected chi connectivity index (χ1v) is 11.5. The Bertz CT molecular complexity index is 719. The van der Waals surface area contributed by atoms with Crippen LogP contribution in [0.25, 0.3) is 0 Å². The number of nitrogens with one attached hydrogen (secondary N) is 1. The summed E-state index contributed by atoms with van der Waals surface area (Å²) in [5, 5.41) is 3.12. The van der Waals surface area contributed by atoms with Crippen LogP contribution in [-0.4, -0.2) is 62.8 Å². The zero-order chi connectivity index (χ0) is 19.3. The average Bonchev–Trinajstić information content (AvgIpc) is 2.69. The Morgan fingerprint density at radius 2 is 1.67 bits per heavy atom. The van der Waals surface area contributed by atoms with Crippen molar-refractivity contribution in [3.05, 3.63) is 29.8 Å². The number of likely N-dealkylation sites (tertiary alicyclic amines) is 1. The van der Waals surface area contributed by atoms with E-state index in [2.05, 4.69) is 17.3 Å². The van der Waals surface area contributed by atoms with Gasteiger partial charge >= 0.3 is 0 Å². The number of benzene rings is 1. The molecule has 2 saturated heterocycles. The Morgan fingerprint density at radius 3 is 2.30 bits per heavy atom. The van der Waals surface area contributed by atoms with Gasteiger partial charge < -0.3 is 10.2 Å². The maximum absolute atomic E-state index is 12.7. The highest BCUT2D eigenvalue weighted by molar-refractivity contribution is 7.89. The normalized spacial score (nSPS) is 20.5. The Kier molecular flexibility index (Phi) is 6.89. The number of carbonyl (C=O) groups excluding carboxylic acids is 1. The number of aryl methyl sites for hydroxylation is 1. The molecule has 0 aromatic heterocycles. The number of piperidine rings is 2. The molecule has 0 spiro atoms. The lowest BCUT2D eigenvalue weighted by Crippen LogP contribution is -2.43. The molecule has 2 fully saturated rings. The van der Waals surface area contributed by atoms with Crippen molar-refractivity contribution in [3.63, 3.8) is 0 Å². The fourth-order valence-electron chi connectivity index (χ4n) is 3.79. The smallest absolute Gasteiger partial charge is 0.243 e. The second-order valence-electron chi connectivity index (χ2n) is 7.75. The van der Waals surface area contributed by atoms with Crippen LogP contribution in [0.2, 0.25) is 0 Å². The molecule has 150 valence electrons. The minimum absolute atomic E-state index is 0.0783. The molecule has 2 aliphatic rings. The summed E-state index contributed by atoms with van der Waals surface area (Å²) in [6.45, 7) is 3.28. The lowest BCUT2D eigenvalue weighted by Gasteiger charge is -2.29. The fourth-order valence-corrected chi connectivity index (χ4v) is 5.31. The molecular formula is C20H31N3O3S. The minimum atomic E-state index is -3.38. The Morgan fingerprint density at radius 1 is 1.04 bits per heavy atom. The first-order valence-electron chi connectivity index (χ1n) is 10.0. The molecule has 7 heteroatoms. The highest BCUT2D eigenvalue weighted by Gasteiger charge is 2.25. The molecule has 0 atom stereocenters. The molecule has 2 heterocycles. The fraction of sp³-hybridized carbons (Fsp3) is 0.650. The molecule has 1 aromatic rings. The van der Waals surface area contributed by atoms with Gasteiger partial charge in [0.15, 0.2) is 0 Å². The third-order valence-corrected chi connectivity index (χ3v) is 7.51. The highest BCUT2D eigenvalue weighted by Crippen LogP contribution is 2.21. The number of hydrogen-bond donors (Lipinski definition) is 1. The quantitative estimate of drug-likeness (QED) is 0.803. The molecule has 1 aromatic carbocycles. The molecule has 1 amide bonds. The number of carbonyl (C=O) groups is 1. The van der Waals surface area contributed by atoms with Crippen LogP contribution in [-0.2, 0) is 21.2 Å². The maximum atomic E-state index is 12.7. The predicted octanol–water partition coefficient (Wildman–Crippen LogP) is 2.00. The van der Waals surface area contributed by atoms with Crippen LogP contribution in [0.3, 0.4) is 0 Å². The van der Waals surface area contributed by atoms with E-state index < -0.39 is 10.0 Å². The first-order chi connectivity index (χ1) is 12.9. The van der Waals surface area contributed by atoms with Gasteiger partial charge in [-0.05, 0) is 69.9 Å². The van der Waals surface area contributed by atoms with E-state index in [-0.39, 0.29) is 11.9 Å². The van der Waals surface area contributed by atoms with Gasteiger partial charge in [0.2, 0.25) is 15.9 Å². The summed E-state index contributed by atoms with van der Waals surface area (Å²) < 4.78 is 26.9. The summed E-state index contributed by atoms with van der Waals surface area (Å²) in [5.74, 6) is 0.0783. The van der Waals surface area contributed by atoms with Crippen molar-refractivity contribution < 1.29 is 13.2 Å². The van der Waals surface area contributed by atoms with E-state index >= 15 is 0 Å². The molecule has 0 aliphatic carbocycles. The lowest BCUT2D eigenvalue weighted by atomic mass is 10.0. The zero-order valence-corrected chi connectivity index (χ0v) is 17.0. The standard InChI is InChI=1S/C20H31N3O3S/c1-22-15-11-18(12-16-22)21-20(24)10-7-17-5-8-19(9-6-17)27(25,26)23-13-3-2-4-14-23/h5-6,8-9,18H,2-4,7,10-16H2,1H3,(H,21,24). The van der Waals surface area contributed by atoms with Crippen LogP contribution in [0.1, 0.15) is 44.1 Å². The molecule has 6 nitrogen and oxygen atoms in total. The third-order valence-electron chi connectivity index (χ3n) is 5.60. The van der Waals surface area contributed by atoms with E-state index in [0.717, 1.165) is 50.8 Å². The lowest BCUT2D eigenvalue weighted by molar-refractivity contribution is -0.122. The van der Waals surface area contributed by atoms with Gasteiger partial charge in [0.25, 0.3) is 0 Å². The first kappa shape index (κ1) is 20.3. The van der Waals surface area contributed by atoms with E-state index in [1.54, 1.807) is 16.4 Å². The van der Waals surface area contributed by atoms with Crippen molar-refractivity contribution in [1.82, 2.24) is 14.5 Å². The molecular weight excluding hydrogens is 362 g/mol. The maximum Gasteiger partial charge on any atom is 0.243 e. The third kappa shape index (κ3) is 5.53. The van der Waals surface area contributed by atoms with Crippen molar-refractivity contribution in [1.29, 1.82) is 0 Å². The molecule has 0 saturated carbocycles. The Hall–Kier alpha value is -1.44. The van der Waals surface area contributed by atoms with Crippen molar-refractivity contribution >= 4 is 15.9 Å². The SMILES string of the molecule is CN1CCC(NC(=O)CCc2ccc(S(=O)(=O)N3CCCCC3)cc2)CC1. The number of nitrogens with zero attached hydrogens (tertiary/aromatic N) is 2. The van der Waals surface area contributed by atoms with Gasteiger partial charge in [-0.2, -0.15) is 4.31 Å². The number of hydrogen-bond acceptors (Lipinski definition) is 4. The molecule has 2 aliphatic heterocycles. The Labute approximate surface area is 163 Å². The van der Waals surface area contributed by atoms with Gasteiger partial charge in [-0.15, -0.1) is 0 Å². The van der Waals surface area contributed by atoms with Gasteiger partial charge in [-0.1, -0.05) is 18.6 Å². The van der Waals surface area contributed by atoms with E-state index in [0.29, 0.717) is 30.8 Å². The summed E-state index contributed by atoms with van der Waals surface area (Å²) in [6, 6.07) is 7.30. The van der Waals surface area contributed by atoms with Crippen molar-refractivity contribution in [2.75, 3.05) is 33.2 Å². The van der Waals surface area contributed by atoms with Crippen molar-refractivity contribution in [2.24, 2.45) is 0 Å². The van der Waals surface area contributed by atoms with Gasteiger partial charge in [0, 0.05) is 25.6 Å². The zero-order valence-electron chi connectivity index (χ0n) is 16.2. The van der Waals surface area contributed by atoms with E-state index in [1.165, 1.54) is 0 Å². The molecule has 0 unspecified atom stereocenters. The van der Waals surface area contributed by atoms with Crippen molar-refractivity contribution in [3.8, 4) is 0 Å². The summed E-state index contributed by atoms with van der Waals surface area (Å²) in [7, 11) is -1.28. The van der Waals surface area contributed by atoms with Crippen LogP contribution >= 0.6 is 0 Å². The molecule has 3 rings (SSSR count). The van der Waals surface area contributed by atoms with Crippen LogP contribution < -0.4 is 5.32 Å². The molecule has 1 N–H and O–H groups in total. The molecule has 0 radical (unpaired) electrons. The average molecular weight is 394 g/mol. The number of amides is 1. The van der Waals surface area contributed by atoms with Crippen LogP contribution in [0.15, 0.2) is 29.2 Å². The van der Waals surface area contributed by atoms with Crippen LogP contribution in [0, 0.1) is 0 Å². The van der Waals surface area contributed by atoms with Crippen LogP contribution in [0.5, 0.6) is 0 Å². The van der Waals surface area contributed by atoms with E-state index in [9.17, 15) is 13.2 Å². The second-order valence-corrected chi connectivity index (χ2v) is 9.69. The summed E-state index contributed by atoms with van der Waals surface area (Å²) >= 11 is 0. The summed E-state index contributed by atoms with van der Waals surface area (Å²) in [5.41, 5.74) is 0.992. The van der Waals surface area contributed by atoms with Gasteiger partial charge in [0.1, 0.15) is 0 Å². The minimum Gasteiger partial charge on any atom is -0.353 e. The predicted molar refractivity (Wildman–Crippen MR) is 106 cm³/mol. The van der Waals surface area contributed by atoms with E-state index in [1.807, 2.05) is 12.1 Å². The monoisotopic (exact) mass is 393 g/mol.